The Balaban J connectivity index is 1.82. The van der Waals surface area contributed by atoms with Crippen molar-refractivity contribution in [3.63, 3.8) is 0 Å². The van der Waals surface area contributed by atoms with E-state index in [2.05, 4.69) is 13.8 Å². The summed E-state index contributed by atoms with van der Waals surface area (Å²) in [6.07, 6.45) is 3.86. The number of nitrogens with two attached hydrogens (primary N) is 1. The minimum atomic E-state index is 0.162. The van der Waals surface area contributed by atoms with E-state index < -0.39 is 0 Å². The third-order valence-electron chi connectivity index (χ3n) is 4.01. The molecule has 0 radical (unpaired) electrons. The van der Waals surface area contributed by atoms with Gasteiger partial charge in [-0.25, -0.2) is 0 Å². The molecule has 0 saturated heterocycles. The van der Waals surface area contributed by atoms with Gasteiger partial charge >= 0.3 is 0 Å². The molecule has 2 heteroatoms. The maximum atomic E-state index is 6.30. The monoisotopic (exact) mass is 247 g/mol. The van der Waals surface area contributed by atoms with Crippen LogP contribution in [0, 0.1) is 17.8 Å². The molecule has 3 unspecified atom stereocenters. The van der Waals surface area contributed by atoms with Crippen molar-refractivity contribution in [1.29, 1.82) is 0 Å². The highest BCUT2D eigenvalue weighted by Crippen LogP contribution is 2.34. The summed E-state index contributed by atoms with van der Waals surface area (Å²) in [6, 6.07) is 10.1. The molecule has 1 aliphatic rings. The van der Waals surface area contributed by atoms with E-state index in [1.807, 2.05) is 30.3 Å². The third kappa shape index (κ3) is 3.74. The molecule has 1 aromatic carbocycles. The Morgan fingerprint density at radius 3 is 2.33 bits per heavy atom. The van der Waals surface area contributed by atoms with Crippen LogP contribution in [0.5, 0.6) is 5.75 Å². The average Bonchev–Trinajstić information content (AvgIpc) is 2.36. The summed E-state index contributed by atoms with van der Waals surface area (Å²) in [6.45, 7) is 5.31. The molecule has 1 fully saturated rings. The number of benzene rings is 1. The Hall–Kier alpha value is -1.02. The van der Waals surface area contributed by atoms with Crippen molar-refractivity contribution in [2.24, 2.45) is 23.5 Å². The van der Waals surface area contributed by atoms with E-state index in [4.69, 9.17) is 10.5 Å². The molecular weight excluding hydrogens is 222 g/mol. The van der Waals surface area contributed by atoms with E-state index in [1.54, 1.807) is 0 Å². The lowest BCUT2D eigenvalue weighted by Crippen LogP contribution is -2.39. The van der Waals surface area contributed by atoms with Crippen molar-refractivity contribution in [3.05, 3.63) is 30.3 Å². The van der Waals surface area contributed by atoms with Gasteiger partial charge in [0.15, 0.2) is 0 Å². The fraction of sp³-hybridized carbons (Fsp3) is 0.625. The molecule has 0 bridgehead atoms. The molecule has 3 atom stereocenters. The lowest BCUT2D eigenvalue weighted by atomic mass is 9.74. The zero-order valence-electron chi connectivity index (χ0n) is 11.5. The van der Waals surface area contributed by atoms with Crippen LogP contribution < -0.4 is 10.5 Å². The SMILES string of the molecule is CC1CC(C)CC(C(N)COc2ccccc2)C1. The van der Waals surface area contributed by atoms with Crippen molar-refractivity contribution >= 4 is 0 Å². The molecule has 2 N–H and O–H groups in total. The molecule has 1 aliphatic carbocycles. The predicted molar refractivity (Wildman–Crippen MR) is 75.6 cm³/mol. The summed E-state index contributed by atoms with van der Waals surface area (Å²) in [5, 5.41) is 0. The average molecular weight is 247 g/mol. The Labute approximate surface area is 111 Å². The van der Waals surface area contributed by atoms with Crippen LogP contribution in [0.15, 0.2) is 30.3 Å². The first kappa shape index (κ1) is 13.4. The van der Waals surface area contributed by atoms with Crippen molar-refractivity contribution in [1.82, 2.24) is 0 Å². The molecule has 0 aliphatic heterocycles. The molecular formula is C16H25NO. The maximum absolute atomic E-state index is 6.30. The first-order chi connectivity index (χ1) is 8.65. The minimum absolute atomic E-state index is 0.162. The van der Waals surface area contributed by atoms with Crippen LogP contribution in [-0.4, -0.2) is 12.6 Å². The number of hydrogen-bond donors (Lipinski definition) is 1. The zero-order valence-corrected chi connectivity index (χ0v) is 11.5. The van der Waals surface area contributed by atoms with Gasteiger partial charge in [-0.1, -0.05) is 32.0 Å². The summed E-state index contributed by atoms with van der Waals surface area (Å²) in [5.74, 6) is 3.15. The smallest absolute Gasteiger partial charge is 0.119 e. The molecule has 2 nitrogen and oxygen atoms in total. The summed E-state index contributed by atoms with van der Waals surface area (Å²) >= 11 is 0. The Kier molecular flexibility index (Phi) is 4.65. The van der Waals surface area contributed by atoms with Crippen LogP contribution in [0.4, 0.5) is 0 Å². The third-order valence-corrected chi connectivity index (χ3v) is 4.01. The normalized spacial score (nSPS) is 29.8. The van der Waals surface area contributed by atoms with Gasteiger partial charge in [0.05, 0.1) is 0 Å². The van der Waals surface area contributed by atoms with Crippen molar-refractivity contribution in [2.75, 3.05) is 6.61 Å². The summed E-state index contributed by atoms with van der Waals surface area (Å²) < 4.78 is 5.77. The number of rotatable bonds is 4. The van der Waals surface area contributed by atoms with E-state index in [0.717, 1.165) is 17.6 Å². The van der Waals surface area contributed by atoms with Gasteiger partial charge in [-0.3, -0.25) is 0 Å². The summed E-state index contributed by atoms with van der Waals surface area (Å²) in [4.78, 5) is 0. The number of hydrogen-bond acceptors (Lipinski definition) is 2. The molecule has 0 spiro atoms. The van der Waals surface area contributed by atoms with Crippen LogP contribution in [0.1, 0.15) is 33.1 Å². The topological polar surface area (TPSA) is 35.2 Å². The van der Waals surface area contributed by atoms with Gasteiger partial charge in [-0.05, 0) is 49.1 Å². The highest BCUT2D eigenvalue weighted by Gasteiger charge is 2.28. The van der Waals surface area contributed by atoms with Crippen molar-refractivity contribution in [2.45, 2.75) is 39.2 Å². The first-order valence-electron chi connectivity index (χ1n) is 7.08. The van der Waals surface area contributed by atoms with Gasteiger partial charge in [0.25, 0.3) is 0 Å². The minimum Gasteiger partial charge on any atom is -0.492 e. The maximum Gasteiger partial charge on any atom is 0.119 e. The second-order valence-corrected chi connectivity index (χ2v) is 5.97. The Morgan fingerprint density at radius 1 is 1.11 bits per heavy atom. The molecule has 100 valence electrons. The van der Waals surface area contributed by atoms with Crippen LogP contribution in [0.25, 0.3) is 0 Å². The van der Waals surface area contributed by atoms with Crippen LogP contribution in [0.2, 0.25) is 0 Å². The van der Waals surface area contributed by atoms with Crippen LogP contribution in [0.3, 0.4) is 0 Å². The lowest BCUT2D eigenvalue weighted by molar-refractivity contribution is 0.158. The van der Waals surface area contributed by atoms with Gasteiger partial charge in [-0.2, -0.15) is 0 Å². The van der Waals surface area contributed by atoms with Crippen LogP contribution >= 0.6 is 0 Å². The quantitative estimate of drug-likeness (QED) is 0.884. The second kappa shape index (κ2) is 6.24. The molecule has 18 heavy (non-hydrogen) atoms. The molecule has 1 saturated carbocycles. The molecule has 0 heterocycles. The fourth-order valence-electron chi connectivity index (χ4n) is 3.20. The first-order valence-corrected chi connectivity index (χ1v) is 7.08. The summed E-state index contributed by atoms with van der Waals surface area (Å²) in [5.41, 5.74) is 6.30. The highest BCUT2D eigenvalue weighted by molar-refractivity contribution is 5.20. The van der Waals surface area contributed by atoms with Gasteiger partial charge in [0.2, 0.25) is 0 Å². The molecule has 1 aromatic rings. The van der Waals surface area contributed by atoms with Crippen molar-refractivity contribution < 1.29 is 4.74 Å². The van der Waals surface area contributed by atoms with E-state index in [-0.39, 0.29) is 6.04 Å². The molecule has 0 aromatic heterocycles. The zero-order chi connectivity index (χ0) is 13.0. The van der Waals surface area contributed by atoms with E-state index in [9.17, 15) is 0 Å². The molecule has 2 rings (SSSR count). The van der Waals surface area contributed by atoms with E-state index in [0.29, 0.717) is 12.5 Å². The Morgan fingerprint density at radius 2 is 1.72 bits per heavy atom. The lowest BCUT2D eigenvalue weighted by Gasteiger charge is -2.34. The second-order valence-electron chi connectivity index (χ2n) is 5.97. The predicted octanol–water partition coefficient (Wildman–Crippen LogP) is 3.47. The van der Waals surface area contributed by atoms with E-state index in [1.165, 1.54) is 19.3 Å². The standard InChI is InChI=1S/C16H25NO/c1-12-8-13(2)10-14(9-12)16(17)11-18-15-6-4-3-5-7-15/h3-7,12-14,16H,8-11,17H2,1-2H3. The van der Waals surface area contributed by atoms with Crippen LogP contribution in [-0.2, 0) is 0 Å². The Bertz CT molecular complexity index is 341. The fourth-order valence-corrected chi connectivity index (χ4v) is 3.20. The number of para-hydroxylation sites is 1. The van der Waals surface area contributed by atoms with Gasteiger partial charge in [0, 0.05) is 6.04 Å². The van der Waals surface area contributed by atoms with E-state index >= 15 is 0 Å². The van der Waals surface area contributed by atoms with Gasteiger partial charge < -0.3 is 10.5 Å². The highest BCUT2D eigenvalue weighted by atomic mass is 16.5. The number of ether oxygens (including phenoxy) is 1. The largest absolute Gasteiger partial charge is 0.492 e. The van der Waals surface area contributed by atoms with Gasteiger partial charge in [0.1, 0.15) is 12.4 Å². The summed E-state index contributed by atoms with van der Waals surface area (Å²) in [7, 11) is 0. The van der Waals surface area contributed by atoms with Crippen molar-refractivity contribution in [3.8, 4) is 5.75 Å². The van der Waals surface area contributed by atoms with Gasteiger partial charge in [-0.15, -0.1) is 0 Å². The molecule has 0 amide bonds.